The molecule has 0 aliphatic rings. The van der Waals surface area contributed by atoms with E-state index < -0.39 is 34.9 Å². The van der Waals surface area contributed by atoms with Crippen molar-refractivity contribution in [1.29, 1.82) is 5.41 Å². The normalized spacial score (nSPS) is 12.0. The minimum Gasteiger partial charge on any atom is -0.488 e. The highest BCUT2D eigenvalue weighted by Gasteiger charge is 2.35. The first kappa shape index (κ1) is 26.5. The second kappa shape index (κ2) is 10.6. The molecule has 0 aliphatic heterocycles. The van der Waals surface area contributed by atoms with Crippen molar-refractivity contribution in [2.75, 3.05) is 0 Å². The number of nitrogens with one attached hydrogen (secondary N) is 2. The molecule has 0 unspecified atom stereocenters. The molecule has 0 aliphatic carbocycles. The summed E-state index contributed by atoms with van der Waals surface area (Å²) in [5, 5.41) is 16.8. The molecule has 12 heteroatoms. The summed E-state index contributed by atoms with van der Waals surface area (Å²) in [5.41, 5.74) is 0.0943. The summed E-state index contributed by atoms with van der Waals surface area (Å²) >= 11 is 1.20. The quantitative estimate of drug-likeness (QED) is 0.129. The van der Waals surface area contributed by atoms with Crippen molar-refractivity contribution in [3.8, 4) is 16.3 Å². The predicted molar refractivity (Wildman–Crippen MR) is 119 cm³/mol. The number of nitrogens with zero attached hydrogens (tertiary/aromatic N) is 1. The van der Waals surface area contributed by atoms with Gasteiger partial charge in [-0.3, -0.25) is 16.1 Å². The van der Waals surface area contributed by atoms with Crippen LogP contribution in [-0.4, -0.2) is 16.0 Å². The van der Waals surface area contributed by atoms with Gasteiger partial charge in [0.2, 0.25) is 0 Å². The third kappa shape index (κ3) is 6.51. The molecule has 3 rings (SSSR count). The number of ether oxygens (including phenoxy) is 1. The number of thiazole rings is 1. The van der Waals surface area contributed by atoms with Crippen LogP contribution in [0.3, 0.4) is 0 Å². The van der Waals surface area contributed by atoms with Crippen molar-refractivity contribution in [3.63, 3.8) is 0 Å². The van der Waals surface area contributed by atoms with E-state index >= 15 is 0 Å². The summed E-state index contributed by atoms with van der Waals surface area (Å²) in [7, 11) is 0. The van der Waals surface area contributed by atoms with Crippen LogP contribution >= 0.6 is 11.3 Å². The molecule has 0 amide bonds. The first-order chi connectivity index (χ1) is 16.4. The van der Waals surface area contributed by atoms with E-state index in [0.29, 0.717) is 27.6 Å². The molecule has 1 aromatic heterocycles. The van der Waals surface area contributed by atoms with Crippen LogP contribution in [0.15, 0.2) is 42.5 Å². The lowest BCUT2D eigenvalue weighted by Crippen LogP contribution is -2.23. The van der Waals surface area contributed by atoms with Gasteiger partial charge in [-0.1, -0.05) is 25.5 Å². The summed E-state index contributed by atoms with van der Waals surface area (Å²) in [5.74, 6) is -0.910. The number of hydrogen-bond acceptors (Lipinski definition) is 5. The number of aryl methyl sites for hydroxylation is 1. The third-order valence-electron chi connectivity index (χ3n) is 5.05. The number of hydrogen-bond donors (Lipinski definition) is 3. The molecular formula is C23H21F6N3O2S. The Morgan fingerprint density at radius 3 is 2.31 bits per heavy atom. The first-order valence-electron chi connectivity index (χ1n) is 10.4. The fraction of sp³-hybridized carbons (Fsp3) is 0.304. The molecule has 0 fully saturated rings. The maximum Gasteiger partial charge on any atom is 0.417 e. The largest absolute Gasteiger partial charge is 0.488 e. The average molecular weight is 517 g/mol. The van der Waals surface area contributed by atoms with E-state index in [2.05, 4.69) is 4.98 Å². The minimum absolute atomic E-state index is 0.0936. The average Bonchev–Trinajstić information content (AvgIpc) is 3.22. The van der Waals surface area contributed by atoms with Gasteiger partial charge in [0, 0.05) is 11.1 Å². The Morgan fingerprint density at radius 1 is 1.06 bits per heavy atom. The SMILES string of the molecule is CCCCc1nc(-c2ccc(C(F)(F)F)cc2)sc1COc1ccc(C(=N)NO)c(C(F)(F)F)c1. The molecule has 5 nitrogen and oxygen atoms in total. The van der Waals surface area contributed by atoms with E-state index in [0.717, 1.165) is 37.1 Å². The number of hydroxylamine groups is 1. The lowest BCUT2D eigenvalue weighted by Gasteiger charge is -2.15. The highest BCUT2D eigenvalue weighted by atomic mass is 32.1. The van der Waals surface area contributed by atoms with Crippen molar-refractivity contribution in [1.82, 2.24) is 10.5 Å². The second-order valence-corrected chi connectivity index (χ2v) is 8.63. The molecule has 35 heavy (non-hydrogen) atoms. The first-order valence-corrected chi connectivity index (χ1v) is 11.2. The van der Waals surface area contributed by atoms with E-state index in [1.807, 2.05) is 6.92 Å². The van der Waals surface area contributed by atoms with E-state index in [4.69, 9.17) is 15.4 Å². The van der Waals surface area contributed by atoms with Crippen molar-refractivity contribution >= 4 is 17.2 Å². The van der Waals surface area contributed by atoms with Crippen LogP contribution < -0.4 is 10.2 Å². The van der Waals surface area contributed by atoms with Crippen molar-refractivity contribution in [3.05, 3.63) is 69.7 Å². The fourth-order valence-electron chi connectivity index (χ4n) is 3.24. The molecular weight excluding hydrogens is 496 g/mol. The monoisotopic (exact) mass is 517 g/mol. The highest BCUT2D eigenvalue weighted by Crippen LogP contribution is 2.36. The zero-order chi connectivity index (χ0) is 25.8. The lowest BCUT2D eigenvalue weighted by atomic mass is 10.1. The predicted octanol–water partition coefficient (Wildman–Crippen LogP) is 7.07. The molecule has 0 atom stereocenters. The maximum atomic E-state index is 13.4. The van der Waals surface area contributed by atoms with Crippen LogP contribution in [0, 0.1) is 5.41 Å². The molecule has 1 heterocycles. The van der Waals surface area contributed by atoms with E-state index in [1.54, 1.807) is 0 Å². The third-order valence-corrected chi connectivity index (χ3v) is 6.17. The minimum atomic E-state index is -4.79. The van der Waals surface area contributed by atoms with Gasteiger partial charge in [-0.2, -0.15) is 26.3 Å². The number of aromatic nitrogens is 1. The molecule has 0 saturated carbocycles. The van der Waals surface area contributed by atoms with Crippen LogP contribution in [-0.2, 0) is 25.4 Å². The van der Waals surface area contributed by atoms with Gasteiger partial charge >= 0.3 is 12.4 Å². The standard InChI is InChI=1S/C23H21F6N3O2S/c1-2-3-4-18-19(35-21(31-18)13-5-7-14(8-6-13)22(24,25)26)12-34-15-9-10-16(20(30)32-33)17(11-15)23(27,28)29/h5-11,33H,2-4,12H2,1H3,(H2,30,32). The summed E-state index contributed by atoms with van der Waals surface area (Å²) in [6.07, 6.45) is -6.99. The van der Waals surface area contributed by atoms with Crippen LogP contribution in [0.4, 0.5) is 26.3 Å². The number of amidine groups is 1. The van der Waals surface area contributed by atoms with Crippen LogP contribution in [0.2, 0.25) is 0 Å². The van der Waals surface area contributed by atoms with Gasteiger partial charge in [-0.05, 0) is 43.2 Å². The Bertz CT molecular complexity index is 1170. The molecule has 0 spiro atoms. The smallest absolute Gasteiger partial charge is 0.417 e. The molecule has 0 saturated heterocycles. The lowest BCUT2D eigenvalue weighted by molar-refractivity contribution is -0.138. The molecule has 3 aromatic rings. The Kier molecular flexibility index (Phi) is 8.06. The molecule has 2 aromatic carbocycles. The Hall–Kier alpha value is -3.12. The van der Waals surface area contributed by atoms with Gasteiger partial charge in [-0.25, -0.2) is 4.98 Å². The topological polar surface area (TPSA) is 78.2 Å². The number of unbranched alkanes of at least 4 members (excludes halogenated alkanes) is 1. The van der Waals surface area contributed by atoms with Gasteiger partial charge < -0.3 is 4.74 Å². The summed E-state index contributed by atoms with van der Waals surface area (Å²) in [4.78, 5) is 5.19. The van der Waals surface area contributed by atoms with Gasteiger partial charge in [0.1, 0.15) is 23.2 Å². The molecule has 3 N–H and O–H groups in total. The van der Waals surface area contributed by atoms with E-state index in [1.165, 1.54) is 35.0 Å². The highest BCUT2D eigenvalue weighted by molar-refractivity contribution is 7.15. The molecule has 0 bridgehead atoms. The van der Waals surface area contributed by atoms with Crippen LogP contribution in [0.1, 0.15) is 47.0 Å². The Labute approximate surface area is 200 Å². The van der Waals surface area contributed by atoms with Crippen molar-refractivity contribution in [2.24, 2.45) is 0 Å². The van der Waals surface area contributed by atoms with E-state index in [-0.39, 0.29) is 12.4 Å². The Morgan fingerprint density at radius 2 is 1.74 bits per heavy atom. The van der Waals surface area contributed by atoms with E-state index in [9.17, 15) is 26.3 Å². The summed E-state index contributed by atoms with van der Waals surface area (Å²) < 4.78 is 84.5. The summed E-state index contributed by atoms with van der Waals surface area (Å²) in [6.45, 7) is 1.89. The number of rotatable bonds is 8. The Balaban J connectivity index is 1.87. The number of benzene rings is 2. The van der Waals surface area contributed by atoms with Gasteiger partial charge in [0.15, 0.2) is 0 Å². The summed E-state index contributed by atoms with van der Waals surface area (Å²) in [6, 6.07) is 7.60. The number of halogens is 6. The van der Waals surface area contributed by atoms with Gasteiger partial charge in [-0.15, -0.1) is 11.3 Å². The van der Waals surface area contributed by atoms with Crippen molar-refractivity contribution < 1.29 is 36.3 Å². The van der Waals surface area contributed by atoms with Crippen LogP contribution in [0.25, 0.3) is 10.6 Å². The zero-order valence-electron chi connectivity index (χ0n) is 18.3. The zero-order valence-corrected chi connectivity index (χ0v) is 19.2. The van der Waals surface area contributed by atoms with Crippen LogP contribution in [0.5, 0.6) is 5.75 Å². The van der Waals surface area contributed by atoms with Crippen molar-refractivity contribution in [2.45, 2.75) is 45.1 Å². The maximum absolute atomic E-state index is 13.4. The van der Waals surface area contributed by atoms with Gasteiger partial charge in [0.05, 0.1) is 21.7 Å². The molecule has 188 valence electrons. The second-order valence-electron chi connectivity index (χ2n) is 7.55. The van der Waals surface area contributed by atoms with Gasteiger partial charge in [0.25, 0.3) is 0 Å². The fourth-order valence-corrected chi connectivity index (χ4v) is 4.26. The number of alkyl halides is 6. The molecule has 0 radical (unpaired) electrons.